The van der Waals surface area contributed by atoms with E-state index in [0.29, 0.717) is 11.9 Å². The van der Waals surface area contributed by atoms with E-state index in [1.807, 2.05) is 30.3 Å². The van der Waals surface area contributed by atoms with Crippen molar-refractivity contribution in [2.45, 2.75) is 25.4 Å². The molecule has 0 aliphatic carbocycles. The Morgan fingerprint density at radius 2 is 2.14 bits per heavy atom. The highest BCUT2D eigenvalue weighted by Gasteiger charge is 2.35. The summed E-state index contributed by atoms with van der Waals surface area (Å²) in [7, 11) is 0. The Morgan fingerprint density at radius 3 is 3.05 bits per heavy atom. The highest BCUT2D eigenvalue weighted by Crippen LogP contribution is 2.27. The normalized spacial score (nSPS) is 25.9. The van der Waals surface area contributed by atoms with E-state index in [-0.39, 0.29) is 0 Å². The molecule has 2 fully saturated rings. The van der Waals surface area contributed by atoms with Crippen LogP contribution in [0.1, 0.15) is 18.7 Å². The van der Waals surface area contributed by atoms with Gasteiger partial charge in [-0.05, 0) is 44.0 Å². The third-order valence-electron chi connectivity index (χ3n) is 4.63. The molecule has 3 heterocycles. The fourth-order valence-electron chi connectivity index (χ4n) is 3.56. The van der Waals surface area contributed by atoms with Gasteiger partial charge in [-0.15, -0.1) is 0 Å². The van der Waals surface area contributed by atoms with E-state index >= 15 is 0 Å². The summed E-state index contributed by atoms with van der Waals surface area (Å²) >= 11 is 0. The molecule has 0 spiro atoms. The molecule has 1 N–H and O–H groups in total. The van der Waals surface area contributed by atoms with Crippen molar-refractivity contribution in [3.63, 3.8) is 0 Å². The lowest BCUT2D eigenvalue weighted by Gasteiger charge is -2.36. The van der Waals surface area contributed by atoms with Gasteiger partial charge in [-0.3, -0.25) is 4.90 Å². The summed E-state index contributed by atoms with van der Waals surface area (Å²) in [6.45, 7) is 4.17. The van der Waals surface area contributed by atoms with Crippen LogP contribution in [0.25, 0.3) is 11.5 Å². The molecule has 2 saturated heterocycles. The number of rotatable bonds is 3. The van der Waals surface area contributed by atoms with Crippen molar-refractivity contribution < 1.29 is 4.52 Å². The van der Waals surface area contributed by atoms with Crippen LogP contribution >= 0.6 is 0 Å². The molecule has 2 unspecified atom stereocenters. The first-order chi connectivity index (χ1) is 10.4. The highest BCUT2D eigenvalue weighted by molar-refractivity contribution is 5.51. The minimum absolute atomic E-state index is 0.615. The molecule has 2 atom stereocenters. The van der Waals surface area contributed by atoms with Gasteiger partial charge in [0, 0.05) is 18.2 Å². The zero-order valence-corrected chi connectivity index (χ0v) is 12.0. The summed E-state index contributed by atoms with van der Waals surface area (Å²) in [5.74, 6) is 2.20. The molecule has 110 valence electrons. The Kier molecular flexibility index (Phi) is 3.45. The van der Waals surface area contributed by atoms with Gasteiger partial charge < -0.3 is 9.84 Å². The predicted octanol–water partition coefficient (Wildman–Crippen LogP) is 1.92. The van der Waals surface area contributed by atoms with E-state index in [9.17, 15) is 0 Å². The Balaban J connectivity index is 1.49. The van der Waals surface area contributed by atoms with Crippen molar-refractivity contribution in [3.8, 4) is 11.5 Å². The molecular formula is C16H20N4O. The number of hydrogen-bond donors (Lipinski definition) is 1. The van der Waals surface area contributed by atoms with Crippen LogP contribution < -0.4 is 5.32 Å². The first-order valence-electron chi connectivity index (χ1n) is 7.73. The van der Waals surface area contributed by atoms with Gasteiger partial charge in [-0.25, -0.2) is 0 Å². The molecule has 21 heavy (non-hydrogen) atoms. The van der Waals surface area contributed by atoms with Gasteiger partial charge in [-0.2, -0.15) is 4.98 Å². The van der Waals surface area contributed by atoms with Crippen LogP contribution in [-0.2, 0) is 6.54 Å². The quantitative estimate of drug-likeness (QED) is 0.933. The van der Waals surface area contributed by atoms with Crippen LogP contribution in [0.2, 0.25) is 0 Å². The molecule has 1 aromatic heterocycles. The van der Waals surface area contributed by atoms with Crippen LogP contribution in [0.4, 0.5) is 0 Å². The number of nitrogens with zero attached hydrogens (tertiary/aromatic N) is 3. The Morgan fingerprint density at radius 1 is 1.24 bits per heavy atom. The van der Waals surface area contributed by atoms with Crippen LogP contribution in [-0.4, -0.2) is 40.7 Å². The van der Waals surface area contributed by atoms with Crippen molar-refractivity contribution >= 4 is 0 Å². The number of hydrogen-bond acceptors (Lipinski definition) is 5. The van der Waals surface area contributed by atoms with Crippen molar-refractivity contribution in [1.29, 1.82) is 0 Å². The van der Waals surface area contributed by atoms with E-state index in [1.165, 1.54) is 12.8 Å². The van der Waals surface area contributed by atoms with Crippen LogP contribution in [0.15, 0.2) is 34.9 Å². The monoisotopic (exact) mass is 284 g/mol. The number of benzene rings is 1. The van der Waals surface area contributed by atoms with E-state index in [2.05, 4.69) is 20.4 Å². The fraction of sp³-hybridized carbons (Fsp3) is 0.500. The van der Waals surface area contributed by atoms with E-state index in [0.717, 1.165) is 43.5 Å². The van der Waals surface area contributed by atoms with E-state index in [4.69, 9.17) is 4.52 Å². The maximum Gasteiger partial charge on any atom is 0.257 e. The molecule has 1 aromatic carbocycles. The average Bonchev–Trinajstić information content (AvgIpc) is 3.17. The molecule has 4 rings (SSSR count). The van der Waals surface area contributed by atoms with Crippen LogP contribution in [0.5, 0.6) is 0 Å². The molecule has 5 nitrogen and oxygen atoms in total. The summed E-state index contributed by atoms with van der Waals surface area (Å²) in [6.07, 6.45) is 2.61. The van der Waals surface area contributed by atoms with Crippen molar-refractivity contribution in [3.05, 3.63) is 36.2 Å². The molecule has 2 aromatic rings. The second kappa shape index (κ2) is 5.58. The minimum atomic E-state index is 0.615. The fourth-order valence-corrected chi connectivity index (χ4v) is 3.56. The lowest BCUT2D eigenvalue weighted by atomic mass is 9.92. The van der Waals surface area contributed by atoms with Gasteiger partial charge in [-0.1, -0.05) is 23.4 Å². The van der Waals surface area contributed by atoms with Gasteiger partial charge >= 0.3 is 0 Å². The van der Waals surface area contributed by atoms with Gasteiger partial charge in [0.2, 0.25) is 0 Å². The van der Waals surface area contributed by atoms with Crippen LogP contribution in [0.3, 0.4) is 0 Å². The topological polar surface area (TPSA) is 54.2 Å². The minimum Gasteiger partial charge on any atom is -0.334 e. The summed E-state index contributed by atoms with van der Waals surface area (Å²) in [5, 5.41) is 7.66. The standard InChI is InChI=1S/C16H20N4O/c1-2-5-12(6-3-1)16-18-15(19-21-16)11-20-8-4-7-13-9-17-10-14(13)20/h1-3,5-6,13-14,17H,4,7-11H2. The summed E-state index contributed by atoms with van der Waals surface area (Å²) in [5.41, 5.74) is 0.982. The first-order valence-corrected chi connectivity index (χ1v) is 7.73. The molecule has 5 heteroatoms. The number of fused-ring (bicyclic) bond motifs is 1. The number of aromatic nitrogens is 2. The summed E-state index contributed by atoms with van der Waals surface area (Å²) in [6, 6.07) is 10.6. The van der Waals surface area contributed by atoms with Crippen molar-refractivity contribution in [2.24, 2.45) is 5.92 Å². The molecular weight excluding hydrogens is 264 g/mol. The number of piperidine rings is 1. The molecule has 2 aliphatic heterocycles. The van der Waals surface area contributed by atoms with Crippen LogP contribution in [0, 0.1) is 5.92 Å². The van der Waals surface area contributed by atoms with Gasteiger partial charge in [0.25, 0.3) is 5.89 Å². The maximum absolute atomic E-state index is 5.40. The Hall–Kier alpha value is -1.72. The zero-order valence-electron chi connectivity index (χ0n) is 12.0. The number of nitrogens with one attached hydrogen (secondary N) is 1. The first kappa shape index (κ1) is 13.0. The molecule has 2 aliphatic rings. The predicted molar refractivity (Wildman–Crippen MR) is 79.5 cm³/mol. The lowest BCUT2D eigenvalue weighted by Crippen LogP contribution is -2.44. The molecule has 0 radical (unpaired) electrons. The largest absolute Gasteiger partial charge is 0.334 e. The Bertz CT molecular complexity index is 597. The van der Waals surface area contributed by atoms with Gasteiger partial charge in [0.15, 0.2) is 5.82 Å². The van der Waals surface area contributed by atoms with Gasteiger partial charge in [0.1, 0.15) is 0 Å². The summed E-state index contributed by atoms with van der Waals surface area (Å²) in [4.78, 5) is 7.06. The van der Waals surface area contributed by atoms with E-state index in [1.54, 1.807) is 0 Å². The van der Waals surface area contributed by atoms with E-state index < -0.39 is 0 Å². The SMILES string of the molecule is c1ccc(-c2nc(CN3CCCC4CNCC43)no2)cc1. The second-order valence-electron chi connectivity index (χ2n) is 5.98. The summed E-state index contributed by atoms with van der Waals surface area (Å²) < 4.78 is 5.40. The van der Waals surface area contributed by atoms with Crippen molar-refractivity contribution in [1.82, 2.24) is 20.4 Å². The molecule has 0 amide bonds. The maximum atomic E-state index is 5.40. The third-order valence-corrected chi connectivity index (χ3v) is 4.63. The van der Waals surface area contributed by atoms with Gasteiger partial charge in [0.05, 0.1) is 6.54 Å². The highest BCUT2D eigenvalue weighted by atomic mass is 16.5. The smallest absolute Gasteiger partial charge is 0.257 e. The number of likely N-dealkylation sites (tertiary alicyclic amines) is 1. The van der Waals surface area contributed by atoms with Crippen molar-refractivity contribution in [2.75, 3.05) is 19.6 Å². The average molecular weight is 284 g/mol. The molecule has 0 saturated carbocycles. The Labute approximate surface area is 124 Å². The molecule has 0 bridgehead atoms. The second-order valence-corrected chi connectivity index (χ2v) is 5.98. The third kappa shape index (κ3) is 2.59. The zero-order chi connectivity index (χ0) is 14.1. The lowest BCUT2D eigenvalue weighted by molar-refractivity contribution is 0.113.